The molecule has 0 aromatic heterocycles. The molecule has 2 aromatic carbocycles. The summed E-state index contributed by atoms with van der Waals surface area (Å²) in [5.41, 5.74) is 4.09. The number of amides is 1. The zero-order chi connectivity index (χ0) is 31.1. The first kappa shape index (κ1) is 33.0. The number of halogens is 1. The second kappa shape index (κ2) is 15.7. The second-order valence-corrected chi connectivity index (χ2v) is 13.9. The maximum atomic E-state index is 14.3. The number of carbonyl (C=O) groups is 2. The number of piperazine rings is 1. The first-order valence-electron chi connectivity index (χ1n) is 17.0. The number of hydrogen-bond donors (Lipinski definition) is 0. The largest absolute Gasteiger partial charge is 0.494 e. The highest BCUT2D eigenvalue weighted by Gasteiger charge is 2.37. The van der Waals surface area contributed by atoms with Crippen molar-refractivity contribution in [2.24, 2.45) is 5.92 Å². The molecular weight excluding hydrogens is 570 g/mol. The topological polar surface area (TPSA) is 53.1 Å². The number of alkyl halides is 1. The van der Waals surface area contributed by atoms with Crippen molar-refractivity contribution in [1.82, 2.24) is 9.80 Å². The number of likely N-dealkylation sites (N-methyl/N-ethyl adjacent to an activating group) is 1. The monoisotopic (exact) mass is 621 g/mol. The zero-order valence-corrected chi connectivity index (χ0v) is 27.9. The molecule has 0 bridgehead atoms. The molecule has 1 amide bonds. The van der Waals surface area contributed by atoms with Crippen LogP contribution in [0, 0.1) is 5.92 Å². The SMILES string of the molecule is CC(C)c1ccc(N(C(=O)CCl)C(C(=O)CC2CCCCC2)c2ccc(OCCCN3CCN(C)CC3)cc2)c(C2CC2)c1. The molecule has 1 heterocycles. The fourth-order valence-corrected chi connectivity index (χ4v) is 7.05. The third-order valence-electron chi connectivity index (χ3n) is 9.83. The quantitative estimate of drug-likeness (QED) is 0.161. The Balaban J connectivity index is 1.38. The van der Waals surface area contributed by atoms with E-state index in [0.717, 1.165) is 81.8 Å². The fourth-order valence-electron chi connectivity index (χ4n) is 6.92. The van der Waals surface area contributed by atoms with Gasteiger partial charge in [0.25, 0.3) is 0 Å². The predicted octanol–water partition coefficient (Wildman–Crippen LogP) is 7.56. The standard InChI is InChI=1S/C37H52ClN3O3/c1-27(2)31-14-17-34(33(25-31)29-10-11-29)41(36(43)26-38)37(35(42)24-28-8-5-4-6-9-28)30-12-15-32(16-13-30)44-23-7-18-40-21-19-39(3)20-22-40/h12-17,25,27-29,37H,4-11,18-24,26H2,1-3H3. The van der Waals surface area contributed by atoms with Gasteiger partial charge in [0.1, 0.15) is 17.7 Å². The molecule has 2 saturated carbocycles. The highest BCUT2D eigenvalue weighted by atomic mass is 35.5. The number of ketones is 1. The van der Waals surface area contributed by atoms with Gasteiger partial charge in [-0.3, -0.25) is 14.5 Å². The van der Waals surface area contributed by atoms with E-state index < -0.39 is 6.04 Å². The Morgan fingerprint density at radius 1 is 0.932 bits per heavy atom. The summed E-state index contributed by atoms with van der Waals surface area (Å²) in [4.78, 5) is 34.7. The molecular formula is C37H52ClN3O3. The molecule has 5 rings (SSSR count). The lowest BCUT2D eigenvalue weighted by molar-refractivity contribution is -0.125. The summed E-state index contributed by atoms with van der Waals surface area (Å²) >= 11 is 6.29. The number of carbonyl (C=O) groups excluding carboxylic acids is 2. The average molecular weight is 622 g/mol. The van der Waals surface area contributed by atoms with Gasteiger partial charge < -0.3 is 14.5 Å². The Kier molecular flexibility index (Phi) is 11.8. The lowest BCUT2D eigenvalue weighted by Gasteiger charge is -2.34. The summed E-state index contributed by atoms with van der Waals surface area (Å²) in [5, 5.41) is 0. The zero-order valence-electron chi connectivity index (χ0n) is 27.1. The van der Waals surface area contributed by atoms with Crippen molar-refractivity contribution >= 4 is 29.0 Å². The lowest BCUT2D eigenvalue weighted by Crippen LogP contribution is -2.44. The van der Waals surface area contributed by atoms with Gasteiger partial charge in [0.15, 0.2) is 5.78 Å². The molecule has 0 N–H and O–H groups in total. The van der Waals surface area contributed by atoms with Crippen LogP contribution in [0.1, 0.15) is 106 Å². The number of Topliss-reactive ketones (excluding diaryl/α,β-unsaturated/α-hetero) is 1. The van der Waals surface area contributed by atoms with E-state index in [1.165, 1.54) is 30.4 Å². The fraction of sp³-hybridized carbons (Fsp3) is 0.622. The van der Waals surface area contributed by atoms with Gasteiger partial charge in [-0.15, -0.1) is 11.6 Å². The predicted molar refractivity (Wildman–Crippen MR) is 180 cm³/mol. The van der Waals surface area contributed by atoms with Crippen LogP contribution in [-0.4, -0.2) is 73.7 Å². The van der Waals surface area contributed by atoms with E-state index in [4.69, 9.17) is 16.3 Å². The minimum absolute atomic E-state index is 0.103. The highest BCUT2D eigenvalue weighted by molar-refractivity contribution is 6.30. The van der Waals surface area contributed by atoms with Crippen LogP contribution < -0.4 is 9.64 Å². The van der Waals surface area contributed by atoms with E-state index in [1.807, 2.05) is 24.3 Å². The van der Waals surface area contributed by atoms with E-state index in [1.54, 1.807) is 4.90 Å². The summed E-state index contributed by atoms with van der Waals surface area (Å²) in [6.45, 7) is 10.5. The van der Waals surface area contributed by atoms with Gasteiger partial charge in [0, 0.05) is 44.8 Å². The van der Waals surface area contributed by atoms with Crippen LogP contribution in [0.15, 0.2) is 42.5 Å². The molecule has 3 aliphatic rings. The van der Waals surface area contributed by atoms with E-state index >= 15 is 0 Å². The smallest absolute Gasteiger partial charge is 0.242 e. The molecule has 0 spiro atoms. The summed E-state index contributed by atoms with van der Waals surface area (Å²) in [6.07, 6.45) is 9.45. The summed E-state index contributed by atoms with van der Waals surface area (Å²) in [7, 11) is 2.18. The van der Waals surface area contributed by atoms with E-state index in [-0.39, 0.29) is 17.6 Å². The van der Waals surface area contributed by atoms with Gasteiger partial charge in [-0.25, -0.2) is 0 Å². The van der Waals surface area contributed by atoms with Gasteiger partial charge >= 0.3 is 0 Å². The first-order chi connectivity index (χ1) is 21.3. The second-order valence-electron chi connectivity index (χ2n) is 13.6. The highest BCUT2D eigenvalue weighted by Crippen LogP contribution is 2.47. The Labute approximate surface area is 270 Å². The lowest BCUT2D eigenvalue weighted by atomic mass is 9.83. The Morgan fingerprint density at radius 3 is 2.25 bits per heavy atom. The molecule has 1 saturated heterocycles. The molecule has 2 aromatic rings. The van der Waals surface area contributed by atoms with Crippen LogP contribution >= 0.6 is 11.6 Å². The van der Waals surface area contributed by atoms with Crippen molar-refractivity contribution < 1.29 is 14.3 Å². The van der Waals surface area contributed by atoms with E-state index in [0.29, 0.717) is 30.8 Å². The molecule has 1 aliphatic heterocycles. The third-order valence-corrected chi connectivity index (χ3v) is 10.1. The van der Waals surface area contributed by atoms with Crippen LogP contribution in [0.3, 0.4) is 0 Å². The van der Waals surface area contributed by atoms with Crippen LogP contribution in [-0.2, 0) is 9.59 Å². The van der Waals surface area contributed by atoms with Crippen LogP contribution in [0.2, 0.25) is 0 Å². The van der Waals surface area contributed by atoms with Crippen LogP contribution in [0.4, 0.5) is 5.69 Å². The summed E-state index contributed by atoms with van der Waals surface area (Å²) in [6, 6.07) is 13.6. The minimum atomic E-state index is -0.711. The average Bonchev–Trinajstić information content (AvgIpc) is 3.89. The van der Waals surface area contributed by atoms with Crippen molar-refractivity contribution in [3.63, 3.8) is 0 Å². The Hall–Kier alpha value is -2.41. The molecule has 44 heavy (non-hydrogen) atoms. The number of ether oxygens (including phenoxy) is 1. The van der Waals surface area contributed by atoms with E-state index in [9.17, 15) is 9.59 Å². The molecule has 3 fully saturated rings. The molecule has 7 heteroatoms. The molecule has 2 aliphatic carbocycles. The minimum Gasteiger partial charge on any atom is -0.494 e. The van der Waals surface area contributed by atoms with Crippen molar-refractivity contribution in [3.05, 3.63) is 59.2 Å². The maximum absolute atomic E-state index is 14.3. The normalized spacial score (nSPS) is 19.2. The number of nitrogens with zero attached hydrogens (tertiary/aromatic N) is 3. The first-order valence-corrected chi connectivity index (χ1v) is 17.6. The summed E-state index contributed by atoms with van der Waals surface area (Å²) in [5.74, 6) is 1.68. The van der Waals surface area contributed by atoms with Gasteiger partial charge in [-0.05, 0) is 79.0 Å². The Morgan fingerprint density at radius 2 is 1.61 bits per heavy atom. The summed E-state index contributed by atoms with van der Waals surface area (Å²) < 4.78 is 6.12. The molecule has 1 unspecified atom stereocenters. The van der Waals surface area contributed by atoms with Crippen molar-refractivity contribution in [2.75, 3.05) is 57.2 Å². The molecule has 0 radical (unpaired) electrons. The van der Waals surface area contributed by atoms with Gasteiger partial charge in [0.05, 0.1) is 6.61 Å². The number of benzene rings is 2. The van der Waals surface area contributed by atoms with E-state index in [2.05, 4.69) is 48.9 Å². The molecule has 240 valence electrons. The van der Waals surface area contributed by atoms with Crippen LogP contribution in [0.25, 0.3) is 0 Å². The molecule has 6 nitrogen and oxygen atoms in total. The maximum Gasteiger partial charge on any atom is 0.242 e. The van der Waals surface area contributed by atoms with Crippen molar-refractivity contribution in [1.29, 1.82) is 0 Å². The molecule has 1 atom stereocenters. The third kappa shape index (κ3) is 8.64. The number of hydrogen-bond acceptors (Lipinski definition) is 5. The van der Waals surface area contributed by atoms with Crippen molar-refractivity contribution in [2.45, 2.75) is 89.5 Å². The Bertz CT molecular complexity index is 1230. The van der Waals surface area contributed by atoms with Crippen molar-refractivity contribution in [3.8, 4) is 5.75 Å². The van der Waals surface area contributed by atoms with Crippen LogP contribution in [0.5, 0.6) is 5.75 Å². The van der Waals surface area contributed by atoms with Gasteiger partial charge in [0.2, 0.25) is 5.91 Å². The number of anilines is 1. The number of rotatable bonds is 14. The van der Waals surface area contributed by atoms with Gasteiger partial charge in [-0.2, -0.15) is 0 Å². The van der Waals surface area contributed by atoms with Gasteiger partial charge in [-0.1, -0.05) is 70.2 Å².